The van der Waals surface area contributed by atoms with Crippen LogP contribution in [0.25, 0.3) is 16.8 Å². The summed E-state index contributed by atoms with van der Waals surface area (Å²) in [7, 11) is -3.88. The van der Waals surface area contributed by atoms with Crippen LogP contribution >= 0.6 is 0 Å². The average Bonchev–Trinajstić information content (AvgIpc) is 3.98. The summed E-state index contributed by atoms with van der Waals surface area (Å²) in [6.07, 6.45) is 10.9. The van der Waals surface area contributed by atoms with Gasteiger partial charge in [-0.15, -0.1) is 6.58 Å². The summed E-state index contributed by atoms with van der Waals surface area (Å²) in [5, 5.41) is 3.92. The molecule has 7 atom stereocenters. The Balaban J connectivity index is 1.23. The quantitative estimate of drug-likeness (QED) is 0.324. The van der Waals surface area contributed by atoms with E-state index in [1.165, 1.54) is 11.0 Å². The molecule has 2 aliphatic heterocycles. The third kappa shape index (κ3) is 7.20. The van der Waals surface area contributed by atoms with Crippen molar-refractivity contribution in [2.24, 2.45) is 23.2 Å². The maximum Gasteiger partial charge on any atom is 0.306 e. The smallest absolute Gasteiger partial charge is 0.306 e. The molecule has 3 aliphatic carbocycles. The first kappa shape index (κ1) is 36.1. The second-order valence-electron chi connectivity index (χ2n) is 16.2. The van der Waals surface area contributed by atoms with Crippen molar-refractivity contribution in [3.8, 4) is 5.88 Å². The van der Waals surface area contributed by atoms with Gasteiger partial charge in [-0.1, -0.05) is 51.1 Å². The van der Waals surface area contributed by atoms with E-state index in [0.717, 1.165) is 42.0 Å². The van der Waals surface area contributed by atoms with Crippen LogP contribution in [0.1, 0.15) is 84.1 Å². The Labute approximate surface area is 304 Å². The Kier molecular flexibility index (Phi) is 9.46. The fraction of sp³-hybridized carbons (Fsp3) is 0.564. The van der Waals surface area contributed by atoms with Gasteiger partial charge in [-0.3, -0.25) is 23.9 Å². The Hall–Kier alpha value is -4.26. The maximum absolute atomic E-state index is 14.7. The van der Waals surface area contributed by atoms with Gasteiger partial charge < -0.3 is 19.7 Å². The van der Waals surface area contributed by atoms with Crippen LogP contribution in [0.5, 0.6) is 5.88 Å². The Morgan fingerprint density at radius 2 is 1.88 bits per heavy atom. The highest BCUT2D eigenvalue weighted by Gasteiger charge is 2.62. The Morgan fingerprint density at radius 3 is 2.60 bits per heavy atom. The number of aromatic nitrogens is 1. The third-order valence-corrected chi connectivity index (χ3v) is 13.3. The van der Waals surface area contributed by atoms with Crippen LogP contribution in [0.4, 0.5) is 0 Å². The number of pyridine rings is 1. The summed E-state index contributed by atoms with van der Waals surface area (Å²) in [6, 6.07) is 6.83. The standard InChI is InChI=1S/C39H48N4O8S/c1-5-26-21-39(26,37(47)42-52(48,49)28-14-15-28)41-34(45)31-19-27-22-43(31)36(46)30(38(2,3)4)20-33(44)51-32-11-7-10-25(32)9-6-8-23-12-13-24-16-17-40-35(50-27)29(24)18-23/h5-6,8,12-13,16-18,25-28,30-32H,1,7,9-11,14-15,19-22H2,2-4H3,(H,41,45)(H,42,47)/b8-6+/t25-,26-,27+,30+,31-,32-,39+/m0/s1. The summed E-state index contributed by atoms with van der Waals surface area (Å²) in [4.78, 5) is 62.0. The summed E-state index contributed by atoms with van der Waals surface area (Å²) >= 11 is 0. The zero-order valence-corrected chi connectivity index (χ0v) is 30.8. The van der Waals surface area contributed by atoms with Crippen molar-refractivity contribution in [3.05, 3.63) is 54.8 Å². The molecule has 12 nitrogen and oxygen atoms in total. The van der Waals surface area contributed by atoms with Crippen LogP contribution in [0.2, 0.25) is 0 Å². The molecule has 52 heavy (non-hydrogen) atoms. The molecule has 3 heterocycles. The van der Waals surface area contributed by atoms with Gasteiger partial charge in [0.05, 0.1) is 24.1 Å². The Bertz CT molecular complexity index is 1930. The van der Waals surface area contributed by atoms with Crippen molar-refractivity contribution < 1.29 is 37.1 Å². The number of nitrogens with zero attached hydrogens (tertiary/aromatic N) is 2. The molecule has 1 saturated heterocycles. The minimum absolute atomic E-state index is 0.0288. The van der Waals surface area contributed by atoms with E-state index in [4.69, 9.17) is 9.47 Å². The number of hydrogen-bond acceptors (Lipinski definition) is 9. The number of amides is 3. The lowest BCUT2D eigenvalue weighted by Crippen LogP contribution is -2.57. The predicted octanol–water partition coefficient (Wildman–Crippen LogP) is 4.43. The van der Waals surface area contributed by atoms with Crippen molar-refractivity contribution in [2.75, 3.05) is 6.54 Å². The van der Waals surface area contributed by atoms with E-state index in [0.29, 0.717) is 18.7 Å². The molecule has 4 fully saturated rings. The number of carbonyl (C=O) groups excluding carboxylic acids is 4. The molecule has 5 aliphatic rings. The normalized spacial score (nSPS) is 31.5. The first-order valence-corrected chi connectivity index (χ1v) is 20.0. The highest BCUT2D eigenvalue weighted by Crippen LogP contribution is 2.46. The fourth-order valence-corrected chi connectivity index (χ4v) is 9.43. The van der Waals surface area contributed by atoms with Crippen molar-refractivity contribution in [1.29, 1.82) is 0 Å². The fourth-order valence-electron chi connectivity index (χ4n) is 8.06. The SMILES string of the molecule is C=C[C@H]1C[C@]1(NC(=O)[C@@H]1C[C@@H]2CN1C(=O)[C@H](C(C)(C)C)CC(=O)O[C@H]1CCC[C@@H]1C/C=C/c1ccc3ccnc(c3c1)O2)C(=O)NS(=O)(=O)C1CC1. The molecule has 1 aromatic carbocycles. The second kappa shape index (κ2) is 13.6. The van der Waals surface area contributed by atoms with E-state index in [1.54, 1.807) is 6.20 Å². The molecular formula is C39H48N4O8S. The summed E-state index contributed by atoms with van der Waals surface area (Å²) in [6.45, 7) is 9.47. The molecule has 3 saturated carbocycles. The van der Waals surface area contributed by atoms with E-state index < -0.39 is 73.9 Å². The number of benzene rings is 1. The topological polar surface area (TPSA) is 161 Å². The summed E-state index contributed by atoms with van der Waals surface area (Å²) < 4.78 is 40.2. The number of sulfonamides is 1. The van der Waals surface area contributed by atoms with Gasteiger partial charge in [0.15, 0.2) is 0 Å². The molecule has 7 rings (SSSR count). The molecule has 4 bridgehead atoms. The molecule has 0 spiro atoms. The van der Waals surface area contributed by atoms with Gasteiger partial charge in [-0.25, -0.2) is 13.4 Å². The molecule has 2 N–H and O–H groups in total. The number of nitrogens with one attached hydrogen (secondary N) is 2. The van der Waals surface area contributed by atoms with Gasteiger partial charge in [-0.05, 0) is 79.4 Å². The van der Waals surface area contributed by atoms with Gasteiger partial charge in [0.1, 0.15) is 23.8 Å². The van der Waals surface area contributed by atoms with Gasteiger partial charge in [0.25, 0.3) is 5.91 Å². The second-order valence-corrected chi connectivity index (χ2v) is 18.2. The lowest BCUT2D eigenvalue weighted by Gasteiger charge is -2.35. The molecule has 13 heteroatoms. The first-order valence-electron chi connectivity index (χ1n) is 18.4. The minimum Gasteiger partial charge on any atom is -0.472 e. The summed E-state index contributed by atoms with van der Waals surface area (Å²) in [5.41, 5.74) is -1.24. The van der Waals surface area contributed by atoms with Gasteiger partial charge >= 0.3 is 5.97 Å². The molecule has 1 aromatic heterocycles. The first-order chi connectivity index (χ1) is 24.7. The predicted molar refractivity (Wildman–Crippen MR) is 194 cm³/mol. The van der Waals surface area contributed by atoms with Crippen LogP contribution in [-0.2, 0) is 33.9 Å². The number of ether oxygens (including phenoxy) is 2. The lowest BCUT2D eigenvalue weighted by atomic mass is 9.77. The highest BCUT2D eigenvalue weighted by atomic mass is 32.2. The zero-order valence-electron chi connectivity index (χ0n) is 30.0. The van der Waals surface area contributed by atoms with Crippen molar-refractivity contribution in [3.63, 3.8) is 0 Å². The monoisotopic (exact) mass is 732 g/mol. The number of fused-ring (bicyclic) bond motifs is 4. The maximum atomic E-state index is 14.7. The van der Waals surface area contributed by atoms with Crippen molar-refractivity contribution in [1.82, 2.24) is 19.9 Å². The van der Waals surface area contributed by atoms with Crippen LogP contribution in [0, 0.1) is 23.2 Å². The molecule has 0 unspecified atom stereocenters. The third-order valence-electron chi connectivity index (χ3n) is 11.5. The van der Waals surface area contributed by atoms with Crippen molar-refractivity contribution in [2.45, 2.75) is 108 Å². The minimum atomic E-state index is -3.88. The van der Waals surface area contributed by atoms with E-state index in [2.05, 4.69) is 33.8 Å². The van der Waals surface area contributed by atoms with Crippen LogP contribution in [0.3, 0.4) is 0 Å². The van der Waals surface area contributed by atoms with E-state index in [-0.39, 0.29) is 37.8 Å². The van der Waals surface area contributed by atoms with Crippen molar-refractivity contribution >= 4 is 50.6 Å². The van der Waals surface area contributed by atoms with Crippen LogP contribution < -0.4 is 14.8 Å². The zero-order chi connectivity index (χ0) is 37.0. The molecule has 3 amide bonds. The van der Waals surface area contributed by atoms with E-state index >= 15 is 0 Å². The largest absolute Gasteiger partial charge is 0.472 e. The van der Waals surface area contributed by atoms with E-state index in [1.807, 2.05) is 45.0 Å². The Morgan fingerprint density at radius 1 is 1.10 bits per heavy atom. The molecule has 0 radical (unpaired) electrons. The summed E-state index contributed by atoms with van der Waals surface area (Å²) in [5.74, 6) is -3.07. The number of rotatable bonds is 6. The molecular weight excluding hydrogens is 685 g/mol. The molecule has 2 aromatic rings. The number of hydrogen-bond donors (Lipinski definition) is 2. The highest BCUT2D eigenvalue weighted by molar-refractivity contribution is 7.91. The number of esters is 1. The van der Waals surface area contributed by atoms with Crippen LogP contribution in [-0.4, -0.2) is 77.6 Å². The van der Waals surface area contributed by atoms with Crippen LogP contribution in [0.15, 0.2) is 49.2 Å². The average molecular weight is 733 g/mol. The van der Waals surface area contributed by atoms with Gasteiger partial charge in [0, 0.05) is 23.9 Å². The van der Waals surface area contributed by atoms with Gasteiger partial charge in [0.2, 0.25) is 27.7 Å². The lowest BCUT2D eigenvalue weighted by molar-refractivity contribution is -0.158. The number of carbonyl (C=O) groups is 4. The van der Waals surface area contributed by atoms with E-state index in [9.17, 15) is 27.6 Å². The van der Waals surface area contributed by atoms with Gasteiger partial charge in [-0.2, -0.15) is 0 Å². The number of allylic oxidation sites excluding steroid dienone is 1. The molecule has 278 valence electrons.